The maximum Gasteiger partial charge on any atom is 0.328 e. The average Bonchev–Trinajstić information content (AvgIpc) is 2.75. The Kier molecular flexibility index (Phi) is 5.60. The first-order valence-electron chi connectivity index (χ1n) is 6.15. The summed E-state index contributed by atoms with van der Waals surface area (Å²) in [4.78, 5) is 23.8. The molecule has 1 rings (SSSR count). The van der Waals surface area contributed by atoms with Crippen LogP contribution in [-0.2, 0) is 16.1 Å². The molecule has 1 N–H and O–H groups in total. The SMILES string of the molecule is CCn1cc(Br)cc1C(=O)NC(C(=O)OC)C(C)C. The summed E-state index contributed by atoms with van der Waals surface area (Å²) in [5.41, 5.74) is 0.518. The van der Waals surface area contributed by atoms with E-state index in [0.29, 0.717) is 12.2 Å². The van der Waals surface area contributed by atoms with E-state index in [-0.39, 0.29) is 11.8 Å². The molecular formula is C13H19BrN2O3. The van der Waals surface area contributed by atoms with Crippen LogP contribution in [0.1, 0.15) is 31.3 Å². The summed E-state index contributed by atoms with van der Waals surface area (Å²) in [6.45, 7) is 6.34. The van der Waals surface area contributed by atoms with E-state index in [4.69, 9.17) is 4.74 Å². The summed E-state index contributed by atoms with van der Waals surface area (Å²) in [6.07, 6.45) is 1.83. The Morgan fingerprint density at radius 2 is 2.11 bits per heavy atom. The van der Waals surface area contributed by atoms with Crippen LogP contribution in [0.15, 0.2) is 16.7 Å². The number of aromatic nitrogens is 1. The van der Waals surface area contributed by atoms with Crippen molar-refractivity contribution in [1.29, 1.82) is 0 Å². The molecule has 0 radical (unpaired) electrons. The molecule has 6 heteroatoms. The van der Waals surface area contributed by atoms with Crippen LogP contribution in [0.3, 0.4) is 0 Å². The fourth-order valence-corrected chi connectivity index (χ4v) is 2.23. The second-order valence-corrected chi connectivity index (χ2v) is 5.46. The predicted molar refractivity (Wildman–Crippen MR) is 75.9 cm³/mol. The van der Waals surface area contributed by atoms with Crippen LogP contribution in [0.5, 0.6) is 0 Å². The van der Waals surface area contributed by atoms with Crippen LogP contribution in [0.25, 0.3) is 0 Å². The van der Waals surface area contributed by atoms with Gasteiger partial charge in [-0.05, 0) is 34.8 Å². The van der Waals surface area contributed by atoms with Gasteiger partial charge >= 0.3 is 5.97 Å². The number of nitrogens with zero attached hydrogens (tertiary/aromatic N) is 1. The molecule has 5 nitrogen and oxygen atoms in total. The predicted octanol–water partition coefficient (Wildman–Crippen LogP) is 2.20. The third-order valence-corrected chi connectivity index (χ3v) is 3.28. The van der Waals surface area contributed by atoms with Crippen LogP contribution in [-0.4, -0.2) is 29.6 Å². The highest BCUT2D eigenvalue weighted by Gasteiger charge is 2.26. The van der Waals surface area contributed by atoms with Crippen LogP contribution >= 0.6 is 15.9 Å². The zero-order valence-electron chi connectivity index (χ0n) is 11.6. The molecule has 0 saturated carbocycles. The lowest BCUT2D eigenvalue weighted by atomic mass is 10.0. The smallest absolute Gasteiger partial charge is 0.328 e. The van der Waals surface area contributed by atoms with Crippen LogP contribution in [0, 0.1) is 5.92 Å². The molecule has 0 aromatic carbocycles. The van der Waals surface area contributed by atoms with E-state index >= 15 is 0 Å². The third kappa shape index (κ3) is 3.83. The lowest BCUT2D eigenvalue weighted by Crippen LogP contribution is -2.45. The molecule has 1 amide bonds. The quantitative estimate of drug-likeness (QED) is 0.842. The van der Waals surface area contributed by atoms with Crippen molar-refractivity contribution < 1.29 is 14.3 Å². The van der Waals surface area contributed by atoms with Gasteiger partial charge in [-0.1, -0.05) is 13.8 Å². The summed E-state index contributed by atoms with van der Waals surface area (Å²) in [5, 5.41) is 2.72. The van der Waals surface area contributed by atoms with Gasteiger partial charge in [-0.3, -0.25) is 4.79 Å². The fraction of sp³-hybridized carbons (Fsp3) is 0.538. The van der Waals surface area contributed by atoms with Crippen molar-refractivity contribution >= 4 is 27.8 Å². The fourth-order valence-electron chi connectivity index (χ4n) is 1.77. The maximum atomic E-state index is 12.2. The largest absolute Gasteiger partial charge is 0.467 e. The molecule has 19 heavy (non-hydrogen) atoms. The Bertz CT molecular complexity index is 468. The van der Waals surface area contributed by atoms with Crippen LogP contribution < -0.4 is 5.32 Å². The summed E-state index contributed by atoms with van der Waals surface area (Å²) in [6, 6.07) is 1.09. The number of carbonyl (C=O) groups excluding carboxylic acids is 2. The molecule has 0 bridgehead atoms. The lowest BCUT2D eigenvalue weighted by Gasteiger charge is -2.20. The van der Waals surface area contributed by atoms with Crippen molar-refractivity contribution in [2.24, 2.45) is 5.92 Å². The number of carbonyl (C=O) groups is 2. The zero-order valence-corrected chi connectivity index (χ0v) is 13.2. The number of rotatable bonds is 5. The van der Waals surface area contributed by atoms with Gasteiger partial charge in [0, 0.05) is 17.2 Å². The molecule has 0 spiro atoms. The first-order valence-corrected chi connectivity index (χ1v) is 6.94. The van der Waals surface area contributed by atoms with Gasteiger partial charge in [0.2, 0.25) is 0 Å². The number of esters is 1. The number of ether oxygens (including phenoxy) is 1. The van der Waals surface area contributed by atoms with Crippen LogP contribution in [0.4, 0.5) is 0 Å². The van der Waals surface area contributed by atoms with Gasteiger partial charge in [0.25, 0.3) is 5.91 Å². The van der Waals surface area contributed by atoms with Crippen molar-refractivity contribution in [2.75, 3.05) is 7.11 Å². The van der Waals surface area contributed by atoms with Gasteiger partial charge in [-0.2, -0.15) is 0 Å². The molecule has 1 aromatic rings. The Morgan fingerprint density at radius 3 is 2.58 bits per heavy atom. The number of methoxy groups -OCH3 is 1. The van der Waals surface area contributed by atoms with E-state index < -0.39 is 12.0 Å². The van der Waals surface area contributed by atoms with Gasteiger partial charge in [0.05, 0.1) is 7.11 Å². The van der Waals surface area contributed by atoms with Gasteiger partial charge in [0.1, 0.15) is 11.7 Å². The average molecular weight is 331 g/mol. The minimum Gasteiger partial charge on any atom is -0.467 e. The number of amides is 1. The van der Waals surface area contributed by atoms with Crippen molar-refractivity contribution in [2.45, 2.75) is 33.4 Å². The highest BCUT2D eigenvalue weighted by atomic mass is 79.9. The molecule has 1 atom stereocenters. The lowest BCUT2D eigenvalue weighted by molar-refractivity contribution is -0.144. The Hall–Kier alpha value is -1.30. The van der Waals surface area contributed by atoms with E-state index in [9.17, 15) is 9.59 Å². The number of halogens is 1. The van der Waals surface area contributed by atoms with Crippen molar-refractivity contribution in [1.82, 2.24) is 9.88 Å². The van der Waals surface area contributed by atoms with E-state index in [1.54, 1.807) is 6.07 Å². The number of hydrogen-bond acceptors (Lipinski definition) is 3. The molecule has 0 fully saturated rings. The molecule has 1 heterocycles. The highest BCUT2D eigenvalue weighted by Crippen LogP contribution is 2.15. The highest BCUT2D eigenvalue weighted by molar-refractivity contribution is 9.10. The third-order valence-electron chi connectivity index (χ3n) is 2.84. The summed E-state index contributed by atoms with van der Waals surface area (Å²) in [7, 11) is 1.31. The maximum absolute atomic E-state index is 12.2. The number of nitrogens with one attached hydrogen (secondary N) is 1. The van der Waals surface area contributed by atoms with E-state index in [1.165, 1.54) is 7.11 Å². The molecule has 106 valence electrons. The van der Waals surface area contributed by atoms with Crippen molar-refractivity contribution in [3.63, 3.8) is 0 Å². The van der Waals surface area contributed by atoms with E-state index in [2.05, 4.69) is 21.2 Å². The molecule has 1 aromatic heterocycles. The van der Waals surface area contributed by atoms with Gasteiger partial charge in [-0.15, -0.1) is 0 Å². The molecular weight excluding hydrogens is 312 g/mol. The first kappa shape index (κ1) is 15.8. The van der Waals surface area contributed by atoms with Gasteiger partial charge in [0.15, 0.2) is 0 Å². The molecule has 0 aliphatic carbocycles. The zero-order chi connectivity index (χ0) is 14.6. The summed E-state index contributed by atoms with van der Waals surface area (Å²) >= 11 is 3.34. The monoisotopic (exact) mass is 330 g/mol. The standard InChI is InChI=1S/C13H19BrN2O3/c1-5-16-7-9(14)6-10(16)12(17)15-11(8(2)3)13(18)19-4/h6-8,11H,5H2,1-4H3,(H,15,17). The Labute approximate surface area is 121 Å². The van der Waals surface area contributed by atoms with Gasteiger partial charge in [-0.25, -0.2) is 4.79 Å². The topological polar surface area (TPSA) is 60.3 Å². The van der Waals surface area contributed by atoms with E-state index in [0.717, 1.165) is 4.47 Å². The summed E-state index contributed by atoms with van der Waals surface area (Å²) in [5.74, 6) is -0.751. The molecule has 0 saturated heterocycles. The second-order valence-electron chi connectivity index (χ2n) is 4.55. The number of hydrogen-bond donors (Lipinski definition) is 1. The minimum atomic E-state index is -0.642. The number of aryl methyl sites for hydroxylation is 1. The summed E-state index contributed by atoms with van der Waals surface area (Å²) < 4.78 is 7.35. The van der Waals surface area contributed by atoms with Gasteiger partial charge < -0.3 is 14.6 Å². The Balaban J connectivity index is 2.90. The minimum absolute atomic E-state index is 0.0371. The first-order chi connectivity index (χ1) is 8.90. The second kappa shape index (κ2) is 6.75. The Morgan fingerprint density at radius 1 is 1.47 bits per heavy atom. The van der Waals surface area contributed by atoms with E-state index in [1.807, 2.05) is 31.5 Å². The van der Waals surface area contributed by atoms with Crippen molar-refractivity contribution in [3.8, 4) is 0 Å². The van der Waals surface area contributed by atoms with Crippen LogP contribution in [0.2, 0.25) is 0 Å². The molecule has 1 unspecified atom stereocenters. The molecule has 0 aliphatic heterocycles. The van der Waals surface area contributed by atoms with Crippen molar-refractivity contribution in [3.05, 3.63) is 22.4 Å². The molecule has 0 aliphatic rings. The normalized spacial score (nSPS) is 12.3.